The van der Waals surface area contributed by atoms with Crippen molar-refractivity contribution in [1.29, 1.82) is 0 Å². The molecular formula is C24H45N5. The number of imidazole rings is 1. The van der Waals surface area contributed by atoms with Crippen LogP contribution in [0.1, 0.15) is 63.6 Å². The van der Waals surface area contributed by atoms with Crippen LogP contribution in [0.4, 0.5) is 0 Å². The largest absolute Gasteiger partial charge is 0.341 e. The third-order valence-corrected chi connectivity index (χ3v) is 4.68. The van der Waals surface area contributed by atoms with E-state index >= 15 is 0 Å². The summed E-state index contributed by atoms with van der Waals surface area (Å²) in [6, 6.07) is 8.65. The summed E-state index contributed by atoms with van der Waals surface area (Å²) in [5, 5.41) is 0. The number of piperazine rings is 1. The van der Waals surface area contributed by atoms with E-state index < -0.39 is 0 Å². The number of hydrogen-bond acceptors (Lipinski definition) is 4. The Hall–Kier alpha value is -1.98. The molecule has 1 aliphatic heterocycles. The van der Waals surface area contributed by atoms with Gasteiger partial charge < -0.3 is 4.98 Å². The van der Waals surface area contributed by atoms with Crippen molar-refractivity contribution in [2.75, 3.05) is 26.2 Å². The molecule has 166 valence electrons. The van der Waals surface area contributed by atoms with Crippen LogP contribution < -0.4 is 0 Å². The molecular weight excluding hydrogens is 358 g/mol. The van der Waals surface area contributed by atoms with Crippen molar-refractivity contribution in [3.05, 3.63) is 41.9 Å². The third kappa shape index (κ3) is 8.11. The number of allylic oxidation sites excluding steroid dienone is 1. The van der Waals surface area contributed by atoms with Gasteiger partial charge >= 0.3 is 0 Å². The maximum absolute atomic E-state index is 4.69. The first-order valence-corrected chi connectivity index (χ1v) is 10.1. The molecule has 1 fully saturated rings. The Balaban J connectivity index is 0. The fourth-order valence-corrected chi connectivity index (χ4v) is 3.47. The third-order valence-electron chi connectivity index (χ3n) is 4.68. The number of aromatic nitrogens is 2. The smallest absolute Gasteiger partial charge is 0.121 e. The van der Waals surface area contributed by atoms with Gasteiger partial charge in [-0.1, -0.05) is 40.8 Å². The normalized spacial score (nSPS) is 16.1. The number of aliphatic imine (C=N–C) groups is 1. The second kappa shape index (κ2) is 13.3. The highest BCUT2D eigenvalue weighted by atomic mass is 15.3. The van der Waals surface area contributed by atoms with E-state index in [4.69, 9.17) is 4.98 Å². The maximum atomic E-state index is 4.69. The molecule has 1 aromatic carbocycles. The molecule has 1 aliphatic rings. The second-order valence-electron chi connectivity index (χ2n) is 7.12. The Bertz CT molecular complexity index is 736. The van der Waals surface area contributed by atoms with Gasteiger partial charge in [0.05, 0.1) is 17.6 Å². The molecule has 5 nitrogen and oxygen atoms in total. The molecule has 1 atom stereocenters. The summed E-state index contributed by atoms with van der Waals surface area (Å²) in [5.74, 6) is 1.06. The number of nitrogens with one attached hydrogen (secondary N) is 1. The van der Waals surface area contributed by atoms with Crippen molar-refractivity contribution >= 4 is 16.7 Å². The summed E-state index contributed by atoms with van der Waals surface area (Å²) in [6.07, 6.45) is 2.27. The van der Waals surface area contributed by atoms with Gasteiger partial charge in [-0.2, -0.15) is 0 Å². The lowest BCUT2D eigenvalue weighted by Gasteiger charge is -2.36. The van der Waals surface area contributed by atoms with E-state index in [1.807, 2.05) is 39.8 Å². The van der Waals surface area contributed by atoms with Crippen molar-refractivity contribution < 1.29 is 1.43 Å². The summed E-state index contributed by atoms with van der Waals surface area (Å²) >= 11 is 0. The average Bonchev–Trinajstić information content (AvgIpc) is 3.05. The van der Waals surface area contributed by atoms with E-state index in [-0.39, 0.29) is 16.3 Å². The SMILES string of the molecule is C.C.CC.CC(C)=N/C(C)=C\C(C)N1CCN(Cc2nc3ccccc3[nH]2)CC1.[HH]. The van der Waals surface area contributed by atoms with Gasteiger partial charge in [-0.15, -0.1) is 0 Å². The van der Waals surface area contributed by atoms with Crippen LogP contribution in [0.15, 0.2) is 41.0 Å². The number of nitrogens with zero attached hydrogens (tertiary/aromatic N) is 4. The average molecular weight is 404 g/mol. The molecule has 0 amide bonds. The van der Waals surface area contributed by atoms with Crippen LogP contribution >= 0.6 is 0 Å². The van der Waals surface area contributed by atoms with Gasteiger partial charge in [0.1, 0.15) is 5.82 Å². The van der Waals surface area contributed by atoms with Crippen LogP contribution in [-0.4, -0.2) is 57.7 Å². The predicted octanol–water partition coefficient (Wildman–Crippen LogP) is 6.00. The zero-order valence-electron chi connectivity index (χ0n) is 17.8. The highest BCUT2D eigenvalue weighted by Gasteiger charge is 2.20. The zero-order valence-corrected chi connectivity index (χ0v) is 17.8. The van der Waals surface area contributed by atoms with E-state index in [9.17, 15) is 0 Å². The fraction of sp³-hybridized carbons (Fsp3) is 0.583. The Morgan fingerprint density at radius 3 is 2.34 bits per heavy atom. The lowest BCUT2D eigenvalue weighted by Crippen LogP contribution is -2.48. The zero-order chi connectivity index (χ0) is 19.8. The van der Waals surface area contributed by atoms with Crippen LogP contribution in [0.25, 0.3) is 11.0 Å². The Morgan fingerprint density at radius 1 is 1.14 bits per heavy atom. The van der Waals surface area contributed by atoms with E-state index in [0.29, 0.717) is 6.04 Å². The van der Waals surface area contributed by atoms with Crippen LogP contribution in [0.5, 0.6) is 0 Å². The number of H-pyrrole nitrogens is 1. The Labute approximate surface area is 180 Å². The summed E-state index contributed by atoms with van der Waals surface area (Å²) in [6.45, 7) is 17.6. The number of para-hydroxylation sites is 2. The summed E-state index contributed by atoms with van der Waals surface area (Å²) in [7, 11) is 0. The van der Waals surface area contributed by atoms with E-state index in [0.717, 1.165) is 61.0 Å². The standard InChI is InChI=1S/C20H29N5.C2H6.2CH4.H2/c1-15(2)21-16(3)13-17(4)25-11-9-24(10-12-25)14-20-22-18-7-5-6-8-19(18)23-20;1-2;;;/h5-8,13,17H,9-12,14H2,1-4H3,(H,22,23);1-2H3;2*1H4;1H/b16-13-;;;;. The van der Waals surface area contributed by atoms with Gasteiger partial charge in [0, 0.05) is 45.1 Å². The minimum Gasteiger partial charge on any atom is -0.341 e. The molecule has 2 aromatic rings. The maximum Gasteiger partial charge on any atom is 0.121 e. The first kappa shape index (κ1) is 27.0. The lowest BCUT2D eigenvalue weighted by molar-refractivity contribution is 0.110. The van der Waals surface area contributed by atoms with Crippen LogP contribution in [0, 0.1) is 0 Å². The molecule has 29 heavy (non-hydrogen) atoms. The molecule has 1 aromatic heterocycles. The quantitative estimate of drug-likeness (QED) is 0.623. The monoisotopic (exact) mass is 403 g/mol. The number of rotatable bonds is 5. The number of hydrogen-bond donors (Lipinski definition) is 1. The molecule has 0 radical (unpaired) electrons. The van der Waals surface area contributed by atoms with Crippen molar-refractivity contribution in [1.82, 2.24) is 19.8 Å². The van der Waals surface area contributed by atoms with Gasteiger partial charge in [-0.05, 0) is 45.9 Å². The molecule has 2 heterocycles. The van der Waals surface area contributed by atoms with Gasteiger partial charge in [-0.25, -0.2) is 4.98 Å². The van der Waals surface area contributed by atoms with Crippen molar-refractivity contribution in [3.8, 4) is 0 Å². The minimum atomic E-state index is 0. The van der Waals surface area contributed by atoms with Gasteiger partial charge in [-0.3, -0.25) is 14.8 Å². The molecule has 0 bridgehead atoms. The summed E-state index contributed by atoms with van der Waals surface area (Å²) < 4.78 is 0. The van der Waals surface area contributed by atoms with Crippen LogP contribution in [-0.2, 0) is 6.54 Å². The molecule has 3 rings (SSSR count). The molecule has 0 spiro atoms. The molecule has 1 saturated heterocycles. The van der Waals surface area contributed by atoms with E-state index in [2.05, 4.69) is 51.8 Å². The highest BCUT2D eigenvalue weighted by Crippen LogP contribution is 2.14. The van der Waals surface area contributed by atoms with Crippen molar-refractivity contribution in [3.63, 3.8) is 0 Å². The fourth-order valence-electron chi connectivity index (χ4n) is 3.47. The number of benzene rings is 1. The molecule has 0 saturated carbocycles. The number of aromatic amines is 1. The van der Waals surface area contributed by atoms with Crippen molar-refractivity contribution in [2.45, 2.75) is 69.0 Å². The topological polar surface area (TPSA) is 47.5 Å². The van der Waals surface area contributed by atoms with Crippen LogP contribution in [0.3, 0.4) is 0 Å². The minimum absolute atomic E-state index is 0. The molecule has 1 N–H and O–H groups in total. The first-order valence-electron chi connectivity index (χ1n) is 10.1. The first-order chi connectivity index (χ1) is 13.0. The highest BCUT2D eigenvalue weighted by molar-refractivity contribution is 5.80. The molecule has 1 unspecified atom stereocenters. The Morgan fingerprint density at radius 2 is 1.76 bits per heavy atom. The predicted molar refractivity (Wildman–Crippen MR) is 132 cm³/mol. The lowest BCUT2D eigenvalue weighted by atomic mass is 10.2. The molecule has 0 aliphatic carbocycles. The Kier molecular flexibility index (Phi) is 12.4. The van der Waals surface area contributed by atoms with Gasteiger partial charge in [0.15, 0.2) is 0 Å². The van der Waals surface area contributed by atoms with Gasteiger partial charge in [0.25, 0.3) is 0 Å². The van der Waals surface area contributed by atoms with E-state index in [1.165, 1.54) is 0 Å². The second-order valence-corrected chi connectivity index (χ2v) is 7.12. The molecule has 5 heteroatoms. The van der Waals surface area contributed by atoms with Crippen molar-refractivity contribution in [2.24, 2.45) is 4.99 Å². The number of fused-ring (bicyclic) bond motifs is 1. The van der Waals surface area contributed by atoms with E-state index in [1.54, 1.807) is 0 Å². The summed E-state index contributed by atoms with van der Waals surface area (Å²) in [5.41, 5.74) is 4.39. The summed E-state index contributed by atoms with van der Waals surface area (Å²) in [4.78, 5) is 17.7. The van der Waals surface area contributed by atoms with Crippen LogP contribution in [0.2, 0.25) is 0 Å². The van der Waals surface area contributed by atoms with Gasteiger partial charge in [0.2, 0.25) is 0 Å².